The van der Waals surface area contributed by atoms with Gasteiger partial charge in [-0.05, 0) is 128 Å². The first kappa shape index (κ1) is 30.3. The largest absolute Gasteiger partial charge is 0.389 e. The van der Waals surface area contributed by atoms with Gasteiger partial charge in [0, 0.05) is 19.4 Å². The fraction of sp³-hybridized carbons (Fsp3) is 0.946. The van der Waals surface area contributed by atoms with Crippen LogP contribution in [0.2, 0.25) is 0 Å². The van der Waals surface area contributed by atoms with Crippen molar-refractivity contribution in [2.75, 3.05) is 26.3 Å². The van der Waals surface area contributed by atoms with Gasteiger partial charge in [0.2, 0.25) is 5.91 Å². The summed E-state index contributed by atoms with van der Waals surface area (Å²) in [5.41, 5.74) is 1.36. The van der Waals surface area contributed by atoms with Crippen LogP contribution >= 0.6 is 0 Å². The number of hydrogen-bond acceptors (Lipinski definition) is 6. The lowest BCUT2D eigenvalue weighted by molar-refractivity contribution is -0.244. The molecule has 7 heteroatoms. The minimum absolute atomic E-state index is 0.0285. The molecule has 8 aliphatic rings. The number of ether oxygens (including phenoxy) is 3. The third-order valence-electron chi connectivity index (χ3n) is 15.4. The summed E-state index contributed by atoms with van der Waals surface area (Å²) in [5.74, 6) is 4.15. The van der Waals surface area contributed by atoms with Gasteiger partial charge in [-0.3, -0.25) is 9.59 Å². The quantitative estimate of drug-likeness (QED) is 0.394. The van der Waals surface area contributed by atoms with Crippen molar-refractivity contribution >= 4 is 11.7 Å². The van der Waals surface area contributed by atoms with Gasteiger partial charge in [0.15, 0.2) is 12.1 Å². The van der Waals surface area contributed by atoms with Crippen LogP contribution in [-0.2, 0) is 23.8 Å². The zero-order chi connectivity index (χ0) is 30.6. The van der Waals surface area contributed by atoms with E-state index < -0.39 is 0 Å². The van der Waals surface area contributed by atoms with E-state index in [1.54, 1.807) is 0 Å². The van der Waals surface area contributed by atoms with Crippen molar-refractivity contribution in [2.24, 2.45) is 57.2 Å². The molecule has 8 fully saturated rings. The van der Waals surface area contributed by atoms with Crippen LogP contribution in [0.25, 0.3) is 0 Å². The number of nitrogens with zero attached hydrogens (tertiary/aromatic N) is 1. The van der Waals surface area contributed by atoms with E-state index in [0.717, 1.165) is 25.2 Å². The SMILES string of the molecule is C[C@@H]1CC(CC(=O)CO)OC2CC3C4CCC5C(C)(C)[C@@H](OC6CN(C(=O)CC7CC7)CCO6)CCC56C[C@@]46CCC3(C)[C@H]21. The Labute approximate surface area is 264 Å². The van der Waals surface area contributed by atoms with E-state index in [9.17, 15) is 14.7 Å². The van der Waals surface area contributed by atoms with E-state index in [0.29, 0.717) is 78.4 Å². The zero-order valence-corrected chi connectivity index (χ0v) is 27.7. The molecule has 0 aromatic rings. The molecule has 246 valence electrons. The number of aliphatic hydroxyl groups is 1. The Kier molecular flexibility index (Phi) is 7.23. The second-order valence-corrected chi connectivity index (χ2v) is 17.8. The number of carbonyl (C=O) groups is 2. The normalized spacial score (nSPS) is 50.5. The fourth-order valence-electron chi connectivity index (χ4n) is 13.4. The van der Waals surface area contributed by atoms with Gasteiger partial charge in [-0.15, -0.1) is 0 Å². The molecule has 2 spiro atoms. The molecular weight excluding hydrogens is 554 g/mol. The molecule has 0 radical (unpaired) electrons. The monoisotopic (exact) mass is 611 g/mol. The van der Waals surface area contributed by atoms with Crippen LogP contribution < -0.4 is 0 Å². The predicted molar refractivity (Wildman–Crippen MR) is 165 cm³/mol. The van der Waals surface area contributed by atoms with Gasteiger partial charge in [0.05, 0.1) is 31.5 Å². The summed E-state index contributed by atoms with van der Waals surface area (Å²) in [4.78, 5) is 26.9. The van der Waals surface area contributed by atoms with Crippen molar-refractivity contribution < 1.29 is 28.9 Å². The first-order valence-electron chi connectivity index (χ1n) is 18.3. The molecule has 8 rings (SSSR count). The molecule has 2 heterocycles. The van der Waals surface area contributed by atoms with Gasteiger partial charge in [-0.1, -0.05) is 27.7 Å². The summed E-state index contributed by atoms with van der Waals surface area (Å²) < 4.78 is 19.7. The van der Waals surface area contributed by atoms with Crippen molar-refractivity contribution in [2.45, 2.75) is 136 Å². The summed E-state index contributed by atoms with van der Waals surface area (Å²) in [6.45, 7) is 11.5. The second kappa shape index (κ2) is 10.5. The topological polar surface area (TPSA) is 85.3 Å². The molecule has 0 aromatic carbocycles. The van der Waals surface area contributed by atoms with Crippen molar-refractivity contribution in [3.8, 4) is 0 Å². The molecule has 0 aromatic heterocycles. The van der Waals surface area contributed by atoms with Crippen molar-refractivity contribution in [3.63, 3.8) is 0 Å². The molecule has 7 nitrogen and oxygen atoms in total. The minimum Gasteiger partial charge on any atom is -0.389 e. The maximum absolute atomic E-state index is 12.8. The van der Waals surface area contributed by atoms with Crippen LogP contribution in [0, 0.1) is 57.2 Å². The number of hydrogen-bond donors (Lipinski definition) is 1. The third-order valence-corrected chi connectivity index (χ3v) is 15.4. The van der Waals surface area contributed by atoms with E-state index >= 15 is 0 Å². The minimum atomic E-state index is -0.370. The molecule has 12 atom stereocenters. The first-order valence-corrected chi connectivity index (χ1v) is 18.3. The smallest absolute Gasteiger partial charge is 0.223 e. The average Bonchev–Trinajstić information content (AvgIpc) is 3.89. The van der Waals surface area contributed by atoms with E-state index in [4.69, 9.17) is 14.2 Å². The summed E-state index contributed by atoms with van der Waals surface area (Å²) in [6.07, 6.45) is 14.8. The predicted octanol–water partition coefficient (Wildman–Crippen LogP) is 5.76. The Balaban J connectivity index is 0.958. The standard InChI is InChI=1S/C37H57NO6/c1-22-15-25(17-24(40)20-39)43-28-18-27-26-7-8-29-34(2,3)30(44-32-19-38(13-14-42-32)31(41)16-23-5-6-23)9-10-37(29)21-36(26,37)12-11-35(27,4)33(22)28/h22-23,25-30,32-33,39H,5-21H2,1-4H3/t22-,25?,26?,27?,28?,29?,30+,32?,33+,35?,36+,37?/m1/s1. The van der Waals surface area contributed by atoms with Crippen molar-refractivity contribution in [1.82, 2.24) is 4.90 Å². The summed E-state index contributed by atoms with van der Waals surface area (Å²) in [6, 6.07) is 0. The highest BCUT2D eigenvalue weighted by Gasteiger charge is 2.81. The molecular formula is C37H57NO6. The summed E-state index contributed by atoms with van der Waals surface area (Å²) in [7, 11) is 0. The molecule has 8 unspecified atom stereocenters. The van der Waals surface area contributed by atoms with E-state index in [1.807, 2.05) is 4.90 Å². The molecule has 0 bridgehead atoms. The Hall–Kier alpha value is -1.02. The van der Waals surface area contributed by atoms with Crippen molar-refractivity contribution in [1.29, 1.82) is 0 Å². The van der Waals surface area contributed by atoms with E-state index in [2.05, 4.69) is 27.7 Å². The highest BCUT2D eigenvalue weighted by molar-refractivity contribution is 5.79. The van der Waals surface area contributed by atoms with Crippen molar-refractivity contribution in [3.05, 3.63) is 0 Å². The number of fused-ring (bicyclic) bond motifs is 4. The molecule has 2 saturated heterocycles. The fourth-order valence-corrected chi connectivity index (χ4v) is 13.4. The van der Waals surface area contributed by atoms with Crippen LogP contribution in [0.3, 0.4) is 0 Å². The third kappa shape index (κ3) is 4.48. The van der Waals surface area contributed by atoms with Crippen LogP contribution in [0.1, 0.15) is 111 Å². The van der Waals surface area contributed by atoms with Gasteiger partial charge < -0.3 is 24.2 Å². The highest BCUT2D eigenvalue weighted by atomic mass is 16.7. The number of aliphatic hydroxyl groups excluding tert-OH is 1. The first-order chi connectivity index (χ1) is 21.0. The Morgan fingerprint density at radius 1 is 0.955 bits per heavy atom. The van der Waals surface area contributed by atoms with Crippen LogP contribution in [0.5, 0.6) is 0 Å². The number of amides is 1. The Morgan fingerprint density at radius 2 is 1.77 bits per heavy atom. The van der Waals surface area contributed by atoms with Gasteiger partial charge in [-0.25, -0.2) is 0 Å². The average molecular weight is 612 g/mol. The molecule has 6 saturated carbocycles. The Morgan fingerprint density at radius 3 is 2.55 bits per heavy atom. The zero-order valence-electron chi connectivity index (χ0n) is 27.7. The lowest BCUT2D eigenvalue weighted by Crippen LogP contribution is -2.56. The van der Waals surface area contributed by atoms with E-state index in [-0.39, 0.29) is 48.3 Å². The molecule has 1 N–H and O–H groups in total. The van der Waals surface area contributed by atoms with Gasteiger partial charge in [0.25, 0.3) is 0 Å². The molecule has 2 aliphatic heterocycles. The lowest BCUT2D eigenvalue weighted by Gasteiger charge is -2.60. The maximum Gasteiger partial charge on any atom is 0.223 e. The number of Topliss-reactive ketones (excluding diaryl/α,β-unsaturated/α-hetero) is 1. The lowest BCUT2D eigenvalue weighted by atomic mass is 9.46. The van der Waals surface area contributed by atoms with Crippen LogP contribution in [0.15, 0.2) is 0 Å². The van der Waals surface area contributed by atoms with Crippen LogP contribution in [-0.4, -0.2) is 72.6 Å². The Bertz CT molecular complexity index is 1170. The number of morpholine rings is 1. The molecule has 44 heavy (non-hydrogen) atoms. The van der Waals surface area contributed by atoms with Gasteiger partial charge >= 0.3 is 0 Å². The van der Waals surface area contributed by atoms with E-state index in [1.165, 1.54) is 51.4 Å². The second-order valence-electron chi connectivity index (χ2n) is 17.8. The van der Waals surface area contributed by atoms with Crippen LogP contribution in [0.4, 0.5) is 0 Å². The number of carbonyl (C=O) groups excluding carboxylic acids is 2. The molecule has 1 amide bonds. The van der Waals surface area contributed by atoms with Gasteiger partial charge in [-0.2, -0.15) is 0 Å². The maximum atomic E-state index is 12.8. The number of rotatable bonds is 7. The molecule has 6 aliphatic carbocycles. The number of ketones is 1. The summed E-state index contributed by atoms with van der Waals surface area (Å²) >= 11 is 0. The highest BCUT2D eigenvalue weighted by Crippen LogP contribution is 2.87. The van der Waals surface area contributed by atoms with Gasteiger partial charge in [0.1, 0.15) is 6.61 Å². The summed E-state index contributed by atoms with van der Waals surface area (Å²) in [5, 5.41) is 9.35.